The second kappa shape index (κ2) is 9.18. The second-order valence-corrected chi connectivity index (χ2v) is 7.33. The Labute approximate surface area is 171 Å². The van der Waals surface area contributed by atoms with Crippen LogP contribution in [0.25, 0.3) is 0 Å². The van der Waals surface area contributed by atoms with Crippen LogP contribution < -0.4 is 9.47 Å². The first-order valence-corrected chi connectivity index (χ1v) is 9.19. The van der Waals surface area contributed by atoms with Gasteiger partial charge in [-0.15, -0.1) is 12.4 Å². The molecule has 0 aromatic heterocycles. The minimum atomic E-state index is 0. The van der Waals surface area contributed by atoms with Crippen LogP contribution in [0.2, 0.25) is 10.0 Å². The Balaban J connectivity index is 0.00000243. The van der Waals surface area contributed by atoms with Crippen molar-refractivity contribution in [3.8, 4) is 11.5 Å². The molecule has 1 atom stereocenters. The minimum Gasteiger partial charge on any atom is -0.493 e. The van der Waals surface area contributed by atoms with E-state index in [4.69, 9.17) is 32.7 Å². The molecule has 0 aliphatic carbocycles. The van der Waals surface area contributed by atoms with E-state index in [0.29, 0.717) is 16.1 Å². The largest absolute Gasteiger partial charge is 0.493 e. The standard InChI is InChI=1S/C20H23Cl2NO2.ClH/c1-13(4-5-14-6-7-17(21)18(22)8-14)23-11-15-9-19(24-2)20(25-3)10-16(15)12-23;/h6-10,13H,4-5,11-12H2,1-3H3;1H/t13-;/m1./s1. The molecule has 26 heavy (non-hydrogen) atoms. The minimum absolute atomic E-state index is 0. The topological polar surface area (TPSA) is 21.7 Å². The molecule has 2 aromatic carbocycles. The van der Waals surface area contributed by atoms with Crippen molar-refractivity contribution in [3.63, 3.8) is 0 Å². The van der Waals surface area contributed by atoms with Gasteiger partial charge in [0, 0.05) is 19.1 Å². The second-order valence-electron chi connectivity index (χ2n) is 6.52. The molecule has 0 saturated carbocycles. The molecule has 0 bridgehead atoms. The van der Waals surface area contributed by atoms with Gasteiger partial charge in [-0.1, -0.05) is 29.3 Å². The van der Waals surface area contributed by atoms with Gasteiger partial charge in [-0.05, 0) is 60.7 Å². The molecule has 0 radical (unpaired) electrons. The number of aryl methyl sites for hydroxylation is 1. The highest BCUT2D eigenvalue weighted by atomic mass is 35.5. The predicted octanol–water partition coefficient (Wildman–Crippen LogP) is 5.77. The molecule has 1 heterocycles. The summed E-state index contributed by atoms with van der Waals surface area (Å²) < 4.78 is 10.8. The molecule has 1 aliphatic heterocycles. The maximum absolute atomic E-state index is 6.11. The normalized spacial score (nSPS) is 14.5. The molecular weight excluding hydrogens is 393 g/mol. The molecule has 3 rings (SSSR count). The molecular formula is C20H24Cl3NO2. The van der Waals surface area contributed by atoms with Gasteiger partial charge < -0.3 is 9.47 Å². The number of hydrogen-bond acceptors (Lipinski definition) is 3. The molecule has 0 spiro atoms. The quantitative estimate of drug-likeness (QED) is 0.596. The van der Waals surface area contributed by atoms with Crippen molar-refractivity contribution in [2.75, 3.05) is 14.2 Å². The number of hydrogen-bond donors (Lipinski definition) is 0. The molecule has 1 aliphatic rings. The fraction of sp³-hybridized carbons (Fsp3) is 0.400. The van der Waals surface area contributed by atoms with Crippen molar-refractivity contribution in [3.05, 3.63) is 57.1 Å². The summed E-state index contributed by atoms with van der Waals surface area (Å²) in [5, 5.41) is 1.23. The van der Waals surface area contributed by atoms with Gasteiger partial charge in [-0.2, -0.15) is 0 Å². The van der Waals surface area contributed by atoms with E-state index in [0.717, 1.165) is 37.4 Å². The summed E-state index contributed by atoms with van der Waals surface area (Å²) in [5.74, 6) is 1.60. The van der Waals surface area contributed by atoms with E-state index >= 15 is 0 Å². The third-order valence-electron chi connectivity index (χ3n) is 4.91. The first-order valence-electron chi connectivity index (χ1n) is 8.43. The van der Waals surface area contributed by atoms with Gasteiger partial charge in [0.2, 0.25) is 0 Å². The Bertz CT molecular complexity index is 734. The van der Waals surface area contributed by atoms with Gasteiger partial charge in [-0.25, -0.2) is 0 Å². The van der Waals surface area contributed by atoms with Crippen LogP contribution in [0.1, 0.15) is 30.0 Å². The fourth-order valence-corrected chi connectivity index (χ4v) is 3.64. The van der Waals surface area contributed by atoms with E-state index < -0.39 is 0 Å². The van der Waals surface area contributed by atoms with E-state index in [-0.39, 0.29) is 12.4 Å². The van der Waals surface area contributed by atoms with Crippen molar-refractivity contribution in [2.24, 2.45) is 0 Å². The summed E-state index contributed by atoms with van der Waals surface area (Å²) in [6, 6.07) is 10.5. The molecule has 0 unspecified atom stereocenters. The van der Waals surface area contributed by atoms with E-state index in [1.54, 1.807) is 14.2 Å². The van der Waals surface area contributed by atoms with Gasteiger partial charge in [0.15, 0.2) is 11.5 Å². The lowest BCUT2D eigenvalue weighted by atomic mass is 10.1. The average Bonchev–Trinajstić information content (AvgIpc) is 3.04. The zero-order chi connectivity index (χ0) is 18.0. The lowest BCUT2D eigenvalue weighted by molar-refractivity contribution is 0.203. The van der Waals surface area contributed by atoms with Crippen LogP contribution in [0, 0.1) is 0 Å². The van der Waals surface area contributed by atoms with Crippen LogP contribution in [0.3, 0.4) is 0 Å². The van der Waals surface area contributed by atoms with Gasteiger partial charge >= 0.3 is 0 Å². The third-order valence-corrected chi connectivity index (χ3v) is 5.65. The molecule has 3 nitrogen and oxygen atoms in total. The first kappa shape index (κ1) is 21.2. The highest BCUT2D eigenvalue weighted by Crippen LogP contribution is 2.36. The highest BCUT2D eigenvalue weighted by Gasteiger charge is 2.25. The Morgan fingerprint density at radius 2 is 1.54 bits per heavy atom. The van der Waals surface area contributed by atoms with Gasteiger partial charge in [0.1, 0.15) is 0 Å². The zero-order valence-electron chi connectivity index (χ0n) is 15.2. The molecule has 0 amide bonds. The van der Waals surface area contributed by atoms with Crippen LogP contribution in [-0.2, 0) is 19.5 Å². The van der Waals surface area contributed by atoms with Crippen molar-refractivity contribution < 1.29 is 9.47 Å². The average molecular weight is 417 g/mol. The number of rotatable bonds is 6. The Morgan fingerprint density at radius 1 is 0.962 bits per heavy atom. The molecule has 142 valence electrons. The van der Waals surface area contributed by atoms with Crippen LogP contribution in [0.15, 0.2) is 30.3 Å². The van der Waals surface area contributed by atoms with Gasteiger partial charge in [0.25, 0.3) is 0 Å². The van der Waals surface area contributed by atoms with Gasteiger partial charge in [-0.3, -0.25) is 4.90 Å². The number of ether oxygens (including phenoxy) is 2. The van der Waals surface area contributed by atoms with E-state index in [9.17, 15) is 0 Å². The first-order chi connectivity index (χ1) is 12.0. The zero-order valence-corrected chi connectivity index (χ0v) is 17.5. The summed E-state index contributed by atoms with van der Waals surface area (Å²) >= 11 is 12.1. The molecule has 0 saturated heterocycles. The Morgan fingerprint density at radius 3 is 2.04 bits per heavy atom. The van der Waals surface area contributed by atoms with Crippen molar-refractivity contribution >= 4 is 35.6 Å². The number of methoxy groups -OCH3 is 2. The molecule has 2 aromatic rings. The van der Waals surface area contributed by atoms with Crippen LogP contribution in [0.5, 0.6) is 11.5 Å². The van der Waals surface area contributed by atoms with Crippen LogP contribution in [-0.4, -0.2) is 25.2 Å². The highest BCUT2D eigenvalue weighted by molar-refractivity contribution is 6.42. The SMILES string of the molecule is COc1cc2c(cc1OC)CN([C@H](C)CCc1ccc(Cl)c(Cl)c1)C2.Cl. The smallest absolute Gasteiger partial charge is 0.161 e. The number of fused-ring (bicyclic) bond motifs is 1. The lowest BCUT2D eigenvalue weighted by Gasteiger charge is -2.23. The number of nitrogens with zero attached hydrogens (tertiary/aromatic N) is 1. The van der Waals surface area contributed by atoms with Crippen LogP contribution >= 0.6 is 35.6 Å². The fourth-order valence-electron chi connectivity index (χ4n) is 3.32. The summed E-state index contributed by atoms with van der Waals surface area (Å²) in [6.07, 6.45) is 2.05. The number of halogens is 3. The van der Waals surface area contributed by atoms with Crippen molar-refractivity contribution in [2.45, 2.75) is 38.9 Å². The summed E-state index contributed by atoms with van der Waals surface area (Å²) in [4.78, 5) is 2.49. The van der Waals surface area contributed by atoms with Crippen molar-refractivity contribution in [1.29, 1.82) is 0 Å². The number of benzene rings is 2. The van der Waals surface area contributed by atoms with Gasteiger partial charge in [0.05, 0.1) is 24.3 Å². The molecule has 0 N–H and O–H groups in total. The molecule has 6 heteroatoms. The maximum atomic E-state index is 6.11. The summed E-state index contributed by atoms with van der Waals surface area (Å²) in [5.41, 5.74) is 3.86. The Hall–Kier alpha value is -1.13. The predicted molar refractivity (Wildman–Crippen MR) is 110 cm³/mol. The summed E-state index contributed by atoms with van der Waals surface area (Å²) in [7, 11) is 3.35. The Kier molecular flexibility index (Phi) is 7.48. The third kappa shape index (κ3) is 4.58. The van der Waals surface area contributed by atoms with E-state index in [2.05, 4.69) is 30.0 Å². The molecule has 0 fully saturated rings. The van der Waals surface area contributed by atoms with Crippen LogP contribution in [0.4, 0.5) is 0 Å². The lowest BCUT2D eigenvalue weighted by Crippen LogP contribution is -2.28. The maximum Gasteiger partial charge on any atom is 0.161 e. The van der Waals surface area contributed by atoms with Crippen molar-refractivity contribution in [1.82, 2.24) is 4.90 Å². The van der Waals surface area contributed by atoms with E-state index in [1.165, 1.54) is 16.7 Å². The van der Waals surface area contributed by atoms with E-state index in [1.807, 2.05) is 12.1 Å². The monoisotopic (exact) mass is 415 g/mol. The summed E-state index contributed by atoms with van der Waals surface area (Å²) in [6.45, 7) is 4.16.